The fourth-order valence-corrected chi connectivity index (χ4v) is 2.06. The van der Waals surface area contributed by atoms with E-state index in [1.165, 1.54) is 0 Å². The SMILES string of the molecule is OCCc1cn(Cc2nnc(-c3ccccc3Cl)o2)nn1. The van der Waals surface area contributed by atoms with Gasteiger partial charge in [0.05, 0.1) is 16.3 Å². The highest BCUT2D eigenvalue weighted by molar-refractivity contribution is 6.33. The Labute approximate surface area is 125 Å². The highest BCUT2D eigenvalue weighted by atomic mass is 35.5. The molecule has 1 N–H and O–H groups in total. The maximum Gasteiger partial charge on any atom is 0.249 e. The first-order valence-electron chi connectivity index (χ1n) is 6.33. The highest BCUT2D eigenvalue weighted by Crippen LogP contribution is 2.26. The monoisotopic (exact) mass is 305 g/mol. The normalized spacial score (nSPS) is 11.0. The van der Waals surface area contributed by atoms with Crippen LogP contribution in [-0.4, -0.2) is 36.9 Å². The Bertz CT molecular complexity index is 740. The van der Waals surface area contributed by atoms with Gasteiger partial charge in [-0.25, -0.2) is 4.68 Å². The Hall–Kier alpha value is -2.25. The third-order valence-corrected chi connectivity index (χ3v) is 3.15. The Balaban J connectivity index is 1.77. The Kier molecular flexibility index (Phi) is 3.94. The highest BCUT2D eigenvalue weighted by Gasteiger charge is 2.12. The molecule has 0 saturated carbocycles. The van der Waals surface area contributed by atoms with E-state index in [1.807, 2.05) is 18.2 Å². The molecule has 0 spiro atoms. The zero-order chi connectivity index (χ0) is 14.7. The van der Waals surface area contributed by atoms with Crippen molar-refractivity contribution in [1.82, 2.24) is 25.2 Å². The van der Waals surface area contributed by atoms with Crippen molar-refractivity contribution < 1.29 is 9.52 Å². The lowest BCUT2D eigenvalue weighted by Crippen LogP contribution is -2.00. The lowest BCUT2D eigenvalue weighted by molar-refractivity contribution is 0.298. The van der Waals surface area contributed by atoms with Crippen LogP contribution >= 0.6 is 11.6 Å². The van der Waals surface area contributed by atoms with Crippen LogP contribution in [0.4, 0.5) is 0 Å². The van der Waals surface area contributed by atoms with Gasteiger partial charge in [0, 0.05) is 19.2 Å². The summed E-state index contributed by atoms with van der Waals surface area (Å²) in [5.41, 5.74) is 1.40. The van der Waals surface area contributed by atoms with E-state index in [0.29, 0.717) is 41.0 Å². The van der Waals surface area contributed by atoms with Crippen molar-refractivity contribution in [3.63, 3.8) is 0 Å². The first-order chi connectivity index (χ1) is 10.3. The minimum atomic E-state index is 0.0376. The van der Waals surface area contributed by atoms with Gasteiger partial charge in [-0.15, -0.1) is 15.3 Å². The number of rotatable bonds is 5. The van der Waals surface area contributed by atoms with Gasteiger partial charge in [0.25, 0.3) is 0 Å². The standard InChI is InChI=1S/C13H12ClN5O2/c14-11-4-2-1-3-10(11)13-17-16-12(21-13)8-19-7-9(5-6-20)15-18-19/h1-4,7,20H,5-6,8H2. The van der Waals surface area contributed by atoms with Gasteiger partial charge in [-0.05, 0) is 12.1 Å². The van der Waals surface area contributed by atoms with E-state index in [2.05, 4.69) is 20.5 Å². The quantitative estimate of drug-likeness (QED) is 0.769. The molecule has 0 unspecified atom stereocenters. The van der Waals surface area contributed by atoms with Crippen molar-refractivity contribution in [2.24, 2.45) is 0 Å². The van der Waals surface area contributed by atoms with Gasteiger partial charge in [0.2, 0.25) is 11.8 Å². The predicted octanol–water partition coefficient (Wildman–Crippen LogP) is 1.56. The number of hydrogen-bond donors (Lipinski definition) is 1. The van der Waals surface area contributed by atoms with Crippen molar-refractivity contribution in [2.75, 3.05) is 6.61 Å². The predicted molar refractivity (Wildman–Crippen MR) is 74.7 cm³/mol. The molecule has 0 fully saturated rings. The van der Waals surface area contributed by atoms with Gasteiger partial charge >= 0.3 is 0 Å². The number of aliphatic hydroxyl groups excluding tert-OH is 1. The molecule has 8 heteroatoms. The minimum absolute atomic E-state index is 0.0376. The molecule has 3 rings (SSSR count). The average Bonchev–Trinajstić information content (AvgIpc) is 3.10. The first-order valence-corrected chi connectivity index (χ1v) is 6.71. The number of halogens is 1. The fraction of sp³-hybridized carbons (Fsp3) is 0.231. The van der Waals surface area contributed by atoms with Crippen LogP contribution in [0.15, 0.2) is 34.9 Å². The fourth-order valence-electron chi connectivity index (χ4n) is 1.84. The average molecular weight is 306 g/mol. The summed E-state index contributed by atoms with van der Waals surface area (Å²) >= 11 is 6.09. The summed E-state index contributed by atoms with van der Waals surface area (Å²) < 4.78 is 7.16. The summed E-state index contributed by atoms with van der Waals surface area (Å²) in [5.74, 6) is 0.775. The third kappa shape index (κ3) is 3.09. The molecule has 0 aliphatic carbocycles. The van der Waals surface area contributed by atoms with Gasteiger partial charge in [0.1, 0.15) is 6.54 Å². The van der Waals surface area contributed by atoms with E-state index >= 15 is 0 Å². The van der Waals surface area contributed by atoms with E-state index in [1.54, 1.807) is 16.9 Å². The van der Waals surface area contributed by atoms with Crippen molar-refractivity contribution in [3.05, 3.63) is 47.1 Å². The summed E-state index contributed by atoms with van der Waals surface area (Å²) in [4.78, 5) is 0. The lowest BCUT2D eigenvalue weighted by atomic mass is 10.2. The van der Waals surface area contributed by atoms with E-state index in [4.69, 9.17) is 21.1 Å². The molecule has 2 aromatic heterocycles. The summed E-state index contributed by atoms with van der Waals surface area (Å²) in [6, 6.07) is 7.26. The van der Waals surface area contributed by atoms with Crippen LogP contribution in [0.3, 0.4) is 0 Å². The number of nitrogens with zero attached hydrogens (tertiary/aromatic N) is 5. The molecule has 2 heterocycles. The van der Waals surface area contributed by atoms with Crippen molar-refractivity contribution in [2.45, 2.75) is 13.0 Å². The smallest absolute Gasteiger partial charge is 0.249 e. The van der Waals surface area contributed by atoms with Gasteiger partial charge < -0.3 is 9.52 Å². The number of aliphatic hydroxyl groups is 1. The number of hydrogen-bond acceptors (Lipinski definition) is 6. The molecule has 0 radical (unpaired) electrons. The summed E-state index contributed by atoms with van der Waals surface area (Å²) in [6.45, 7) is 0.353. The summed E-state index contributed by atoms with van der Waals surface area (Å²) in [6.07, 6.45) is 2.20. The van der Waals surface area contributed by atoms with E-state index < -0.39 is 0 Å². The lowest BCUT2D eigenvalue weighted by Gasteiger charge is -1.97. The van der Waals surface area contributed by atoms with E-state index in [0.717, 1.165) is 0 Å². The molecule has 21 heavy (non-hydrogen) atoms. The molecular weight excluding hydrogens is 294 g/mol. The minimum Gasteiger partial charge on any atom is -0.419 e. The zero-order valence-corrected chi connectivity index (χ0v) is 11.7. The van der Waals surface area contributed by atoms with Crippen molar-refractivity contribution in [3.8, 4) is 11.5 Å². The second kappa shape index (κ2) is 6.02. The summed E-state index contributed by atoms with van der Waals surface area (Å²) in [5, 5.41) is 25.2. The molecule has 108 valence electrons. The second-order valence-corrected chi connectivity index (χ2v) is 4.77. The van der Waals surface area contributed by atoms with Gasteiger partial charge in [-0.3, -0.25) is 0 Å². The number of aromatic nitrogens is 5. The van der Waals surface area contributed by atoms with Crippen molar-refractivity contribution >= 4 is 11.6 Å². The van der Waals surface area contributed by atoms with E-state index in [-0.39, 0.29) is 6.61 Å². The molecule has 3 aromatic rings. The molecule has 0 atom stereocenters. The maximum atomic E-state index is 8.84. The Morgan fingerprint density at radius 3 is 2.86 bits per heavy atom. The van der Waals surface area contributed by atoms with Gasteiger partial charge in [0.15, 0.2) is 0 Å². The largest absolute Gasteiger partial charge is 0.419 e. The first kappa shape index (κ1) is 13.7. The van der Waals surface area contributed by atoms with Crippen LogP contribution in [0, 0.1) is 0 Å². The molecular formula is C13H12ClN5O2. The molecule has 1 aromatic carbocycles. The summed E-state index contributed by atoms with van der Waals surface area (Å²) in [7, 11) is 0. The Morgan fingerprint density at radius 1 is 1.19 bits per heavy atom. The zero-order valence-electron chi connectivity index (χ0n) is 11.0. The van der Waals surface area contributed by atoms with Crippen LogP contribution in [0.2, 0.25) is 5.02 Å². The van der Waals surface area contributed by atoms with Crippen LogP contribution < -0.4 is 0 Å². The molecule has 7 nitrogen and oxygen atoms in total. The Morgan fingerprint density at radius 2 is 2.05 bits per heavy atom. The topological polar surface area (TPSA) is 89.9 Å². The van der Waals surface area contributed by atoms with Gasteiger partial charge in [-0.2, -0.15) is 0 Å². The van der Waals surface area contributed by atoms with Crippen molar-refractivity contribution in [1.29, 1.82) is 0 Å². The number of benzene rings is 1. The van der Waals surface area contributed by atoms with Crippen LogP contribution in [0.25, 0.3) is 11.5 Å². The van der Waals surface area contributed by atoms with Gasteiger partial charge in [-0.1, -0.05) is 28.9 Å². The molecule has 0 amide bonds. The van der Waals surface area contributed by atoms with Crippen LogP contribution in [0.5, 0.6) is 0 Å². The van der Waals surface area contributed by atoms with E-state index in [9.17, 15) is 0 Å². The van der Waals surface area contributed by atoms with Crippen LogP contribution in [-0.2, 0) is 13.0 Å². The second-order valence-electron chi connectivity index (χ2n) is 4.36. The molecule has 0 aliphatic rings. The molecule has 0 bridgehead atoms. The molecule has 0 saturated heterocycles. The molecule has 0 aliphatic heterocycles. The third-order valence-electron chi connectivity index (χ3n) is 2.82. The van der Waals surface area contributed by atoms with Crippen LogP contribution in [0.1, 0.15) is 11.6 Å². The maximum absolute atomic E-state index is 8.84.